The van der Waals surface area contributed by atoms with E-state index in [1.165, 1.54) is 6.92 Å². The molecular weight excluding hydrogens is 416 g/mol. The molecule has 2 heterocycles. The lowest BCUT2D eigenvalue weighted by Gasteiger charge is -2.41. The Morgan fingerprint density at radius 3 is 1.70 bits per heavy atom. The van der Waals surface area contributed by atoms with E-state index < -0.39 is 45.9 Å². The third-order valence-electron chi connectivity index (χ3n) is 6.11. The first-order valence-corrected chi connectivity index (χ1v) is 10.8. The van der Waals surface area contributed by atoms with E-state index in [0.29, 0.717) is 25.7 Å². The number of esters is 3. The first-order chi connectivity index (χ1) is 14.2. The first-order valence-electron chi connectivity index (χ1n) is 10.4. The quantitative estimate of drug-likeness (QED) is 0.300. The molecule has 164 valence electrons. The minimum Gasteiger partial charge on any atom is -0.480 e. The highest BCUT2D eigenvalue weighted by Crippen LogP contribution is 2.43. The van der Waals surface area contributed by atoms with Gasteiger partial charge in [-0.2, -0.15) is 0 Å². The lowest BCUT2D eigenvalue weighted by Crippen LogP contribution is -2.49. The number of hydrogen-bond donors (Lipinski definition) is 1. The molecule has 0 bridgehead atoms. The maximum atomic E-state index is 12.7. The molecule has 30 heavy (non-hydrogen) atoms. The third kappa shape index (κ3) is 3.77. The molecule has 4 aliphatic rings. The molecule has 1 atom stereocenters. The molecule has 0 aromatic heterocycles. The van der Waals surface area contributed by atoms with Gasteiger partial charge in [-0.25, -0.2) is 14.4 Å². The number of aliphatic hydroxyl groups is 1. The molecule has 9 heteroatoms. The van der Waals surface area contributed by atoms with E-state index in [1.54, 1.807) is 0 Å². The van der Waals surface area contributed by atoms with Crippen molar-refractivity contribution in [1.29, 1.82) is 0 Å². The zero-order valence-electron chi connectivity index (χ0n) is 16.8. The SMILES string of the molecule is CC(Cl)(C=C1C(=O)OC2(CCCCC2)OC1=O)C1=C(O)OC2(CCCCC2)OC1=O. The van der Waals surface area contributed by atoms with Crippen LogP contribution in [-0.4, -0.2) is 39.5 Å². The van der Waals surface area contributed by atoms with Crippen molar-refractivity contribution in [1.82, 2.24) is 0 Å². The standard InChI is InChI=1S/C21H25ClO8/c1-19(22,14-17(25)29-21(30-18(14)26)10-6-3-7-11-21)12-13-15(23)27-20(28-16(13)24)8-4-2-5-9-20/h12,25H,2-11H2,1H3. The number of carbonyl (C=O) groups is 3. The Morgan fingerprint density at radius 2 is 1.23 bits per heavy atom. The van der Waals surface area contributed by atoms with Crippen LogP contribution in [0.1, 0.15) is 71.1 Å². The van der Waals surface area contributed by atoms with Gasteiger partial charge >= 0.3 is 17.9 Å². The predicted octanol–water partition coefficient (Wildman–Crippen LogP) is 3.67. The van der Waals surface area contributed by atoms with E-state index in [1.807, 2.05) is 0 Å². The Labute approximate surface area is 179 Å². The Hall–Kier alpha value is -2.22. The molecule has 8 nitrogen and oxygen atoms in total. The number of hydrogen-bond acceptors (Lipinski definition) is 8. The van der Waals surface area contributed by atoms with Gasteiger partial charge in [0.2, 0.25) is 0 Å². The topological polar surface area (TPSA) is 108 Å². The number of rotatable bonds is 2. The molecule has 0 aromatic carbocycles. The van der Waals surface area contributed by atoms with Crippen LogP contribution >= 0.6 is 11.6 Å². The average molecular weight is 441 g/mol. The van der Waals surface area contributed by atoms with Crippen molar-refractivity contribution >= 4 is 29.5 Å². The number of alkyl halides is 1. The molecule has 2 aliphatic carbocycles. The van der Waals surface area contributed by atoms with Gasteiger partial charge < -0.3 is 24.1 Å². The Balaban J connectivity index is 1.59. The molecule has 2 spiro atoms. The Morgan fingerprint density at radius 1 is 0.800 bits per heavy atom. The van der Waals surface area contributed by atoms with Crippen molar-refractivity contribution in [2.45, 2.75) is 87.6 Å². The summed E-state index contributed by atoms with van der Waals surface area (Å²) in [5, 5.41) is 10.5. The fourth-order valence-electron chi connectivity index (χ4n) is 4.57. The van der Waals surface area contributed by atoms with Crippen molar-refractivity contribution in [2.75, 3.05) is 0 Å². The molecule has 0 aromatic rings. The summed E-state index contributed by atoms with van der Waals surface area (Å²) >= 11 is 6.48. The summed E-state index contributed by atoms with van der Waals surface area (Å²) in [5.74, 6) is -5.67. The highest BCUT2D eigenvalue weighted by Gasteiger charge is 2.51. The van der Waals surface area contributed by atoms with Crippen LogP contribution in [0.5, 0.6) is 0 Å². The largest absolute Gasteiger partial charge is 0.480 e. The van der Waals surface area contributed by atoms with Crippen molar-refractivity contribution in [3.8, 4) is 0 Å². The van der Waals surface area contributed by atoms with Crippen LogP contribution in [0.15, 0.2) is 23.2 Å². The van der Waals surface area contributed by atoms with E-state index in [9.17, 15) is 19.5 Å². The summed E-state index contributed by atoms with van der Waals surface area (Å²) in [5.41, 5.74) is -0.818. The maximum absolute atomic E-state index is 12.7. The molecule has 4 rings (SSSR count). The van der Waals surface area contributed by atoms with Gasteiger partial charge in [-0.05, 0) is 38.7 Å². The van der Waals surface area contributed by atoms with Crippen molar-refractivity contribution in [2.24, 2.45) is 0 Å². The van der Waals surface area contributed by atoms with E-state index in [-0.39, 0.29) is 5.57 Å². The second kappa shape index (κ2) is 7.48. The van der Waals surface area contributed by atoms with Crippen molar-refractivity contribution < 1.29 is 38.4 Å². The number of halogens is 1. The Bertz CT molecular complexity index is 806. The minimum atomic E-state index is -1.76. The van der Waals surface area contributed by atoms with Crippen LogP contribution in [0.25, 0.3) is 0 Å². The second-order valence-corrected chi connectivity index (χ2v) is 9.31. The van der Waals surface area contributed by atoms with Gasteiger partial charge in [0.25, 0.3) is 17.5 Å². The molecule has 0 radical (unpaired) electrons. The molecular formula is C21H25ClO8. The highest BCUT2D eigenvalue weighted by atomic mass is 35.5. The molecule has 2 aliphatic heterocycles. The third-order valence-corrected chi connectivity index (χ3v) is 6.41. The van der Waals surface area contributed by atoms with Gasteiger partial charge in [0.1, 0.15) is 16.0 Å². The maximum Gasteiger partial charge on any atom is 0.348 e. The minimum absolute atomic E-state index is 0.383. The van der Waals surface area contributed by atoms with Gasteiger partial charge in [-0.1, -0.05) is 12.8 Å². The molecule has 0 amide bonds. The lowest BCUT2D eigenvalue weighted by atomic mass is 9.91. The van der Waals surface area contributed by atoms with E-state index in [4.69, 9.17) is 30.5 Å². The van der Waals surface area contributed by atoms with E-state index in [2.05, 4.69) is 0 Å². The molecule has 2 saturated carbocycles. The van der Waals surface area contributed by atoms with Crippen LogP contribution in [0.2, 0.25) is 0 Å². The molecule has 1 unspecified atom stereocenters. The smallest absolute Gasteiger partial charge is 0.348 e. The first kappa shape index (κ1) is 21.0. The number of aliphatic hydroxyl groups excluding tert-OH is 1. The highest BCUT2D eigenvalue weighted by molar-refractivity contribution is 6.31. The lowest BCUT2D eigenvalue weighted by molar-refractivity contribution is -0.251. The molecule has 1 N–H and O–H groups in total. The summed E-state index contributed by atoms with van der Waals surface area (Å²) < 4.78 is 21.9. The normalized spacial score (nSPS) is 27.7. The summed E-state index contributed by atoms with van der Waals surface area (Å²) in [6, 6.07) is 0. The predicted molar refractivity (Wildman–Crippen MR) is 103 cm³/mol. The van der Waals surface area contributed by atoms with Crippen LogP contribution in [0.4, 0.5) is 0 Å². The van der Waals surface area contributed by atoms with Gasteiger partial charge in [0.15, 0.2) is 0 Å². The van der Waals surface area contributed by atoms with Gasteiger partial charge in [0, 0.05) is 25.7 Å². The zero-order chi connectivity index (χ0) is 21.6. The van der Waals surface area contributed by atoms with Gasteiger partial charge in [-0.3, -0.25) is 0 Å². The second-order valence-electron chi connectivity index (χ2n) is 8.53. The van der Waals surface area contributed by atoms with Crippen LogP contribution in [-0.2, 0) is 33.3 Å². The summed E-state index contributed by atoms with van der Waals surface area (Å²) in [6.07, 6.45) is 8.04. The fraction of sp³-hybridized carbons (Fsp3) is 0.667. The number of allylic oxidation sites excluding steroid dienone is 1. The average Bonchev–Trinajstić information content (AvgIpc) is 2.65. The van der Waals surface area contributed by atoms with Crippen LogP contribution in [0, 0.1) is 0 Å². The van der Waals surface area contributed by atoms with Crippen LogP contribution < -0.4 is 0 Å². The Kier molecular flexibility index (Phi) is 5.24. The van der Waals surface area contributed by atoms with E-state index in [0.717, 1.165) is 44.6 Å². The zero-order valence-corrected chi connectivity index (χ0v) is 17.6. The summed E-state index contributed by atoms with van der Waals surface area (Å²) in [4.78, 5) is 36.1. The molecule has 1 saturated heterocycles. The van der Waals surface area contributed by atoms with E-state index >= 15 is 0 Å². The molecule has 3 fully saturated rings. The van der Waals surface area contributed by atoms with Crippen molar-refractivity contribution in [3.05, 3.63) is 23.2 Å². The number of ether oxygens (including phenoxy) is 4. The fourth-order valence-corrected chi connectivity index (χ4v) is 4.83. The van der Waals surface area contributed by atoms with Crippen LogP contribution in [0.3, 0.4) is 0 Å². The number of carbonyl (C=O) groups excluding carboxylic acids is 3. The summed E-state index contributed by atoms with van der Waals surface area (Å²) in [6.45, 7) is 1.35. The summed E-state index contributed by atoms with van der Waals surface area (Å²) in [7, 11) is 0. The van der Waals surface area contributed by atoms with Gasteiger partial charge in [-0.15, -0.1) is 11.6 Å². The van der Waals surface area contributed by atoms with Crippen molar-refractivity contribution in [3.63, 3.8) is 0 Å². The monoisotopic (exact) mass is 440 g/mol. The van der Waals surface area contributed by atoms with Gasteiger partial charge in [0.05, 0.1) is 0 Å².